The second-order valence-corrected chi connectivity index (χ2v) is 5.62. The molecule has 0 aromatic carbocycles. The molecule has 0 N–H and O–H groups in total. The van der Waals surface area contributed by atoms with Gasteiger partial charge in [0.1, 0.15) is 5.78 Å². The van der Waals surface area contributed by atoms with E-state index >= 15 is 0 Å². The minimum atomic E-state index is -0.110. The lowest BCUT2D eigenvalue weighted by Gasteiger charge is -2.28. The van der Waals surface area contributed by atoms with Gasteiger partial charge in [-0.15, -0.1) is 0 Å². The first-order chi connectivity index (χ1) is 9.18. The first-order valence-electron chi connectivity index (χ1n) is 6.75. The van der Waals surface area contributed by atoms with Crippen LogP contribution in [0.3, 0.4) is 0 Å². The molecule has 1 saturated carbocycles. The molecule has 102 valence electrons. The summed E-state index contributed by atoms with van der Waals surface area (Å²) in [6.45, 7) is 0.703. The minimum absolute atomic E-state index is 0.0251. The number of likely N-dealkylation sites (tertiary alicyclic amines) is 1. The molecule has 1 amide bonds. The number of rotatable bonds is 2. The summed E-state index contributed by atoms with van der Waals surface area (Å²) in [5, 5.41) is 0.133. The van der Waals surface area contributed by atoms with Gasteiger partial charge in [-0.3, -0.25) is 9.59 Å². The maximum absolute atomic E-state index is 12.5. The Balaban J connectivity index is 1.81. The van der Waals surface area contributed by atoms with Gasteiger partial charge in [0.25, 0.3) is 5.91 Å². The Hall–Kier alpha value is -1.29. The second kappa shape index (κ2) is 5.00. The number of carbonyl (C=O) groups excluding carboxylic acids is 2. The molecule has 19 heavy (non-hydrogen) atoms. The van der Waals surface area contributed by atoms with Crippen molar-refractivity contribution in [1.29, 1.82) is 0 Å². The van der Waals surface area contributed by atoms with Crippen molar-refractivity contribution >= 4 is 23.3 Å². The van der Waals surface area contributed by atoms with E-state index in [0.717, 1.165) is 25.7 Å². The van der Waals surface area contributed by atoms with Crippen molar-refractivity contribution in [3.63, 3.8) is 0 Å². The fourth-order valence-electron chi connectivity index (χ4n) is 3.31. The number of ketones is 1. The summed E-state index contributed by atoms with van der Waals surface area (Å²) in [6.07, 6.45) is 5.81. The van der Waals surface area contributed by atoms with E-state index in [1.807, 2.05) is 4.90 Å². The van der Waals surface area contributed by atoms with Crippen LogP contribution in [0.25, 0.3) is 0 Å². The van der Waals surface area contributed by atoms with E-state index in [-0.39, 0.29) is 23.1 Å². The van der Waals surface area contributed by atoms with E-state index in [9.17, 15) is 9.59 Å². The molecular formula is C14H16ClNO3. The SMILES string of the molecule is O=C1CCCC1C1CCCN1C(=O)c1ccoc1Cl. The first kappa shape index (κ1) is 12.7. The van der Waals surface area contributed by atoms with Gasteiger partial charge in [-0.25, -0.2) is 0 Å². The third-order valence-electron chi connectivity index (χ3n) is 4.22. The summed E-state index contributed by atoms with van der Waals surface area (Å²) in [5.41, 5.74) is 0.402. The van der Waals surface area contributed by atoms with Crippen molar-refractivity contribution in [3.8, 4) is 0 Å². The smallest absolute Gasteiger partial charge is 0.259 e. The molecule has 1 aromatic rings. The van der Waals surface area contributed by atoms with Gasteiger partial charge >= 0.3 is 0 Å². The highest BCUT2D eigenvalue weighted by Gasteiger charge is 2.40. The number of hydrogen-bond donors (Lipinski definition) is 0. The summed E-state index contributed by atoms with van der Waals surface area (Å²) >= 11 is 5.87. The first-order valence-corrected chi connectivity index (χ1v) is 7.13. The zero-order chi connectivity index (χ0) is 13.4. The van der Waals surface area contributed by atoms with Crippen molar-refractivity contribution in [2.45, 2.75) is 38.1 Å². The van der Waals surface area contributed by atoms with E-state index in [2.05, 4.69) is 0 Å². The van der Waals surface area contributed by atoms with Crippen LogP contribution in [-0.4, -0.2) is 29.2 Å². The Morgan fingerprint density at radius 1 is 1.37 bits per heavy atom. The lowest BCUT2D eigenvalue weighted by atomic mass is 9.95. The lowest BCUT2D eigenvalue weighted by Crippen LogP contribution is -2.41. The van der Waals surface area contributed by atoms with Gasteiger partial charge in [0.15, 0.2) is 0 Å². The van der Waals surface area contributed by atoms with Crippen molar-refractivity contribution in [3.05, 3.63) is 23.1 Å². The van der Waals surface area contributed by atoms with E-state index in [1.165, 1.54) is 6.26 Å². The zero-order valence-electron chi connectivity index (χ0n) is 10.6. The summed E-state index contributed by atoms with van der Waals surface area (Å²) in [6, 6.07) is 1.64. The standard InChI is InChI=1S/C14H16ClNO3/c15-13-10(6-8-19-13)14(18)16-7-2-4-11(16)9-3-1-5-12(9)17/h6,8-9,11H,1-5,7H2. The number of nitrogens with zero attached hydrogens (tertiary/aromatic N) is 1. The van der Waals surface area contributed by atoms with E-state index in [4.69, 9.17) is 16.0 Å². The van der Waals surface area contributed by atoms with E-state index in [0.29, 0.717) is 24.3 Å². The Bertz CT molecular complexity index is 511. The molecule has 2 heterocycles. The number of carbonyl (C=O) groups is 2. The van der Waals surface area contributed by atoms with Crippen LogP contribution in [0.1, 0.15) is 42.5 Å². The summed E-state index contributed by atoms with van der Waals surface area (Å²) in [4.78, 5) is 26.2. The van der Waals surface area contributed by atoms with Crippen LogP contribution in [0.4, 0.5) is 0 Å². The molecule has 0 spiro atoms. The van der Waals surface area contributed by atoms with Crippen LogP contribution in [0.2, 0.25) is 5.22 Å². The monoisotopic (exact) mass is 281 g/mol. The molecule has 2 atom stereocenters. The Kier molecular flexibility index (Phi) is 3.35. The van der Waals surface area contributed by atoms with E-state index in [1.54, 1.807) is 6.07 Å². The highest BCUT2D eigenvalue weighted by Crippen LogP contribution is 2.34. The largest absolute Gasteiger partial charge is 0.452 e. The number of amides is 1. The molecular weight excluding hydrogens is 266 g/mol. The van der Waals surface area contributed by atoms with Crippen molar-refractivity contribution < 1.29 is 14.0 Å². The van der Waals surface area contributed by atoms with Crippen molar-refractivity contribution in [2.24, 2.45) is 5.92 Å². The zero-order valence-corrected chi connectivity index (χ0v) is 11.4. The Morgan fingerprint density at radius 3 is 2.84 bits per heavy atom. The van der Waals surface area contributed by atoms with Crippen molar-refractivity contribution in [1.82, 2.24) is 4.90 Å². The topological polar surface area (TPSA) is 50.5 Å². The van der Waals surface area contributed by atoms with Gasteiger partial charge in [0.05, 0.1) is 11.8 Å². The van der Waals surface area contributed by atoms with Crippen LogP contribution in [0, 0.1) is 5.92 Å². The molecule has 1 saturated heterocycles. The van der Waals surface area contributed by atoms with Crippen LogP contribution in [-0.2, 0) is 4.79 Å². The summed E-state index contributed by atoms with van der Waals surface area (Å²) in [7, 11) is 0. The molecule has 4 nitrogen and oxygen atoms in total. The predicted molar refractivity (Wildman–Crippen MR) is 70.1 cm³/mol. The van der Waals surface area contributed by atoms with Gasteiger partial charge in [-0.05, 0) is 43.4 Å². The fraction of sp³-hybridized carbons (Fsp3) is 0.571. The third kappa shape index (κ3) is 2.18. The highest BCUT2D eigenvalue weighted by atomic mass is 35.5. The van der Waals surface area contributed by atoms with Crippen LogP contribution in [0.15, 0.2) is 16.7 Å². The maximum Gasteiger partial charge on any atom is 0.259 e. The molecule has 1 aromatic heterocycles. The molecule has 2 fully saturated rings. The van der Waals surface area contributed by atoms with Gasteiger partial charge in [0.2, 0.25) is 5.22 Å². The number of Topliss-reactive ketones (excluding diaryl/α,β-unsaturated/α-hetero) is 1. The number of hydrogen-bond acceptors (Lipinski definition) is 3. The molecule has 0 radical (unpaired) electrons. The number of furan rings is 1. The van der Waals surface area contributed by atoms with Crippen molar-refractivity contribution in [2.75, 3.05) is 6.54 Å². The quantitative estimate of drug-likeness (QED) is 0.837. The Labute approximate surface area is 116 Å². The maximum atomic E-state index is 12.5. The Morgan fingerprint density at radius 2 is 2.21 bits per heavy atom. The molecule has 5 heteroatoms. The second-order valence-electron chi connectivity index (χ2n) is 5.28. The molecule has 2 unspecified atom stereocenters. The predicted octanol–water partition coefficient (Wildman–Crippen LogP) is 2.91. The van der Waals surface area contributed by atoms with Crippen LogP contribution < -0.4 is 0 Å². The van der Waals surface area contributed by atoms with Crippen LogP contribution >= 0.6 is 11.6 Å². The van der Waals surface area contributed by atoms with Gasteiger partial charge in [0, 0.05) is 24.9 Å². The normalized spacial score (nSPS) is 27.2. The lowest BCUT2D eigenvalue weighted by molar-refractivity contribution is -0.121. The summed E-state index contributed by atoms with van der Waals surface area (Å²) in [5.74, 6) is 0.223. The van der Waals surface area contributed by atoms with Gasteiger partial charge < -0.3 is 9.32 Å². The molecule has 1 aliphatic carbocycles. The van der Waals surface area contributed by atoms with E-state index < -0.39 is 0 Å². The average Bonchev–Trinajstić information content (AvgIpc) is 3.07. The molecule has 0 bridgehead atoms. The number of halogens is 1. The molecule has 2 aliphatic rings. The average molecular weight is 282 g/mol. The van der Waals surface area contributed by atoms with Gasteiger partial charge in [-0.2, -0.15) is 0 Å². The summed E-state index contributed by atoms with van der Waals surface area (Å²) < 4.78 is 4.98. The molecule has 3 rings (SSSR count). The van der Waals surface area contributed by atoms with Crippen LogP contribution in [0.5, 0.6) is 0 Å². The minimum Gasteiger partial charge on any atom is -0.452 e. The highest BCUT2D eigenvalue weighted by molar-refractivity contribution is 6.32. The fourth-order valence-corrected chi connectivity index (χ4v) is 3.51. The third-order valence-corrected chi connectivity index (χ3v) is 4.52. The molecule has 1 aliphatic heterocycles. The van der Waals surface area contributed by atoms with Gasteiger partial charge in [-0.1, -0.05) is 0 Å².